The van der Waals surface area contributed by atoms with Crippen LogP contribution in [0.25, 0.3) is 0 Å². The van der Waals surface area contributed by atoms with Gasteiger partial charge in [-0.2, -0.15) is 0 Å². The zero-order chi connectivity index (χ0) is 15.9. The summed E-state index contributed by atoms with van der Waals surface area (Å²) in [6.07, 6.45) is -0.645. The van der Waals surface area contributed by atoms with E-state index in [1.807, 2.05) is 6.07 Å². The second kappa shape index (κ2) is 7.21. The molecule has 0 aliphatic carbocycles. The summed E-state index contributed by atoms with van der Waals surface area (Å²) in [4.78, 5) is 12.0. The number of carbonyl (C=O) groups is 1. The van der Waals surface area contributed by atoms with E-state index >= 15 is 0 Å². The van der Waals surface area contributed by atoms with Crippen LogP contribution < -0.4 is 24.3 Å². The third-order valence-corrected chi connectivity index (χ3v) is 2.90. The fourth-order valence-electron chi connectivity index (χ4n) is 1.85. The molecule has 0 unspecified atom stereocenters. The Morgan fingerprint density at radius 2 is 1.45 bits per heavy atom. The van der Waals surface area contributed by atoms with Gasteiger partial charge in [0.05, 0.1) is 21.3 Å². The molecule has 6 heteroatoms. The standard InChI is InChI=1S/C16H17NO5/c1-19-12-9-13(20-2)15(14(10-12)21-3)17-16(18)22-11-7-5-4-6-8-11/h4-10H,1-3H3,(H,17,18). The Morgan fingerprint density at radius 3 is 1.95 bits per heavy atom. The fraction of sp³-hybridized carbons (Fsp3) is 0.188. The molecule has 0 aliphatic rings. The average Bonchev–Trinajstić information content (AvgIpc) is 2.55. The zero-order valence-corrected chi connectivity index (χ0v) is 12.6. The number of amides is 1. The van der Waals surface area contributed by atoms with Crippen molar-refractivity contribution in [3.63, 3.8) is 0 Å². The van der Waals surface area contributed by atoms with Crippen molar-refractivity contribution in [2.45, 2.75) is 0 Å². The fourth-order valence-corrected chi connectivity index (χ4v) is 1.85. The first kappa shape index (κ1) is 15.5. The molecular formula is C16H17NO5. The highest BCUT2D eigenvalue weighted by atomic mass is 16.6. The smallest absolute Gasteiger partial charge is 0.417 e. The second-order valence-electron chi connectivity index (χ2n) is 4.23. The minimum Gasteiger partial charge on any atom is -0.496 e. The van der Waals surface area contributed by atoms with Gasteiger partial charge in [0, 0.05) is 12.1 Å². The van der Waals surface area contributed by atoms with Crippen molar-refractivity contribution in [2.75, 3.05) is 26.6 Å². The van der Waals surface area contributed by atoms with E-state index < -0.39 is 6.09 Å². The number of nitrogens with one attached hydrogen (secondary N) is 1. The predicted octanol–water partition coefficient (Wildman–Crippen LogP) is 3.32. The van der Waals surface area contributed by atoms with Crippen molar-refractivity contribution in [3.8, 4) is 23.0 Å². The molecule has 0 fully saturated rings. The van der Waals surface area contributed by atoms with Gasteiger partial charge in [0.25, 0.3) is 0 Å². The van der Waals surface area contributed by atoms with Crippen LogP contribution in [0, 0.1) is 0 Å². The molecule has 0 heterocycles. The quantitative estimate of drug-likeness (QED) is 0.917. The van der Waals surface area contributed by atoms with Gasteiger partial charge in [0.15, 0.2) is 0 Å². The number of hydrogen-bond acceptors (Lipinski definition) is 5. The molecule has 1 N–H and O–H groups in total. The highest BCUT2D eigenvalue weighted by Crippen LogP contribution is 2.38. The van der Waals surface area contributed by atoms with Gasteiger partial charge in [-0.3, -0.25) is 5.32 Å². The van der Waals surface area contributed by atoms with Gasteiger partial charge in [-0.25, -0.2) is 4.79 Å². The van der Waals surface area contributed by atoms with Gasteiger partial charge in [-0.15, -0.1) is 0 Å². The number of hydrogen-bond donors (Lipinski definition) is 1. The van der Waals surface area contributed by atoms with E-state index in [-0.39, 0.29) is 0 Å². The van der Waals surface area contributed by atoms with Crippen LogP contribution in [0.15, 0.2) is 42.5 Å². The number of carbonyl (C=O) groups excluding carboxylic acids is 1. The SMILES string of the molecule is COc1cc(OC)c(NC(=O)Oc2ccccc2)c(OC)c1. The number of benzene rings is 2. The van der Waals surface area contributed by atoms with Gasteiger partial charge in [-0.05, 0) is 12.1 Å². The topological polar surface area (TPSA) is 66.0 Å². The Kier molecular flexibility index (Phi) is 5.08. The van der Waals surface area contributed by atoms with E-state index in [1.54, 1.807) is 36.4 Å². The summed E-state index contributed by atoms with van der Waals surface area (Å²) in [6, 6.07) is 12.0. The number of ether oxygens (including phenoxy) is 4. The molecule has 6 nitrogen and oxygen atoms in total. The van der Waals surface area contributed by atoms with Gasteiger partial charge in [-0.1, -0.05) is 18.2 Å². The van der Waals surface area contributed by atoms with Crippen molar-refractivity contribution in [1.82, 2.24) is 0 Å². The molecule has 0 atom stereocenters. The Morgan fingerprint density at radius 1 is 0.864 bits per heavy atom. The molecule has 116 valence electrons. The summed E-state index contributed by atoms with van der Waals surface area (Å²) in [5, 5.41) is 2.61. The summed E-state index contributed by atoms with van der Waals surface area (Å²) < 4.78 is 20.8. The molecule has 0 aromatic heterocycles. The van der Waals surface area contributed by atoms with Crippen LogP contribution in [-0.4, -0.2) is 27.4 Å². The van der Waals surface area contributed by atoms with E-state index in [4.69, 9.17) is 18.9 Å². The van der Waals surface area contributed by atoms with E-state index in [2.05, 4.69) is 5.32 Å². The number of anilines is 1. The van der Waals surface area contributed by atoms with Crippen LogP contribution in [0.1, 0.15) is 0 Å². The minimum absolute atomic E-state index is 0.367. The van der Waals surface area contributed by atoms with Crippen LogP contribution in [0.4, 0.5) is 10.5 Å². The molecule has 0 spiro atoms. The highest BCUT2D eigenvalue weighted by Gasteiger charge is 2.16. The van der Waals surface area contributed by atoms with Gasteiger partial charge in [0.1, 0.15) is 28.7 Å². The molecule has 0 bridgehead atoms. The molecule has 0 aliphatic heterocycles. The molecule has 2 rings (SSSR count). The van der Waals surface area contributed by atoms with Crippen LogP contribution in [0.2, 0.25) is 0 Å². The van der Waals surface area contributed by atoms with Crippen LogP contribution >= 0.6 is 0 Å². The summed E-state index contributed by atoms with van der Waals surface area (Å²) in [5.74, 6) is 1.80. The first-order valence-corrected chi connectivity index (χ1v) is 6.51. The lowest BCUT2D eigenvalue weighted by Crippen LogP contribution is -2.17. The van der Waals surface area contributed by atoms with E-state index in [0.29, 0.717) is 28.7 Å². The van der Waals surface area contributed by atoms with E-state index in [0.717, 1.165) is 0 Å². The lowest BCUT2D eigenvalue weighted by molar-refractivity contribution is 0.215. The Balaban J connectivity index is 2.22. The lowest BCUT2D eigenvalue weighted by Gasteiger charge is -2.15. The number of rotatable bonds is 5. The largest absolute Gasteiger partial charge is 0.496 e. The zero-order valence-electron chi connectivity index (χ0n) is 12.6. The van der Waals surface area contributed by atoms with Gasteiger partial charge < -0.3 is 18.9 Å². The molecule has 2 aromatic carbocycles. The Hall–Kier alpha value is -2.89. The van der Waals surface area contributed by atoms with E-state index in [1.165, 1.54) is 21.3 Å². The molecule has 1 amide bonds. The van der Waals surface area contributed by atoms with Gasteiger partial charge >= 0.3 is 6.09 Å². The normalized spacial score (nSPS) is 9.77. The maximum atomic E-state index is 12.0. The van der Waals surface area contributed by atoms with Crippen LogP contribution in [0.3, 0.4) is 0 Å². The summed E-state index contributed by atoms with van der Waals surface area (Å²) >= 11 is 0. The van der Waals surface area contributed by atoms with E-state index in [9.17, 15) is 4.79 Å². The predicted molar refractivity (Wildman–Crippen MR) is 82.2 cm³/mol. The second-order valence-corrected chi connectivity index (χ2v) is 4.23. The third kappa shape index (κ3) is 3.60. The average molecular weight is 303 g/mol. The first-order chi connectivity index (χ1) is 10.7. The third-order valence-electron chi connectivity index (χ3n) is 2.90. The van der Waals surface area contributed by atoms with Crippen molar-refractivity contribution in [3.05, 3.63) is 42.5 Å². The minimum atomic E-state index is -0.645. The number of methoxy groups -OCH3 is 3. The Bertz CT molecular complexity index is 617. The first-order valence-electron chi connectivity index (χ1n) is 6.51. The van der Waals surface area contributed by atoms with Crippen LogP contribution in [-0.2, 0) is 0 Å². The van der Waals surface area contributed by atoms with Crippen LogP contribution in [0.5, 0.6) is 23.0 Å². The monoisotopic (exact) mass is 303 g/mol. The van der Waals surface area contributed by atoms with Crippen molar-refractivity contribution in [2.24, 2.45) is 0 Å². The Labute approximate surface area is 128 Å². The molecule has 0 radical (unpaired) electrons. The summed E-state index contributed by atoms with van der Waals surface area (Å²) in [7, 11) is 4.51. The van der Waals surface area contributed by atoms with Crippen molar-refractivity contribution >= 4 is 11.8 Å². The summed E-state index contributed by atoms with van der Waals surface area (Å²) in [6.45, 7) is 0. The molecule has 0 saturated carbocycles. The number of para-hydroxylation sites is 1. The maximum Gasteiger partial charge on any atom is 0.417 e. The molecule has 2 aromatic rings. The highest BCUT2D eigenvalue weighted by molar-refractivity contribution is 5.91. The molecule has 22 heavy (non-hydrogen) atoms. The molecular weight excluding hydrogens is 286 g/mol. The van der Waals surface area contributed by atoms with Crippen molar-refractivity contribution in [1.29, 1.82) is 0 Å². The lowest BCUT2D eigenvalue weighted by atomic mass is 10.2. The summed E-state index contributed by atoms with van der Waals surface area (Å²) in [5.41, 5.74) is 0.367. The van der Waals surface area contributed by atoms with Gasteiger partial charge in [0.2, 0.25) is 0 Å². The molecule has 0 saturated heterocycles. The van der Waals surface area contributed by atoms with Crippen molar-refractivity contribution < 1.29 is 23.7 Å². The maximum absolute atomic E-state index is 12.0.